The third-order valence-corrected chi connectivity index (χ3v) is 4.65. The summed E-state index contributed by atoms with van der Waals surface area (Å²) >= 11 is 1.88. The van der Waals surface area contributed by atoms with Gasteiger partial charge in [0, 0.05) is 17.4 Å². The molecule has 1 N–H and O–H groups in total. The molecule has 2 rings (SSSR count). The quantitative estimate of drug-likeness (QED) is 0.672. The van der Waals surface area contributed by atoms with Crippen molar-refractivity contribution in [2.45, 2.75) is 24.5 Å². The van der Waals surface area contributed by atoms with Crippen molar-refractivity contribution in [3.63, 3.8) is 0 Å². The number of thioether (sulfide) groups is 1. The molecule has 6 heteroatoms. The average molecular weight is 270 g/mol. The van der Waals surface area contributed by atoms with Crippen LogP contribution >= 0.6 is 11.8 Å². The van der Waals surface area contributed by atoms with Crippen LogP contribution in [-0.4, -0.2) is 22.0 Å². The van der Waals surface area contributed by atoms with E-state index in [2.05, 4.69) is 12.2 Å². The monoisotopic (exact) mass is 270 g/mol. The Morgan fingerprint density at radius 2 is 2.39 bits per heavy atom. The van der Waals surface area contributed by atoms with E-state index in [0.717, 1.165) is 18.2 Å². The number of rotatable bonds is 4. The molecule has 1 atom stereocenters. The topological polar surface area (TPSA) is 55.2 Å². The molecule has 1 fully saturated rings. The summed E-state index contributed by atoms with van der Waals surface area (Å²) < 4.78 is 13.8. The lowest BCUT2D eigenvalue weighted by molar-refractivity contribution is -0.385. The molecule has 0 aliphatic carbocycles. The maximum atomic E-state index is 13.6. The van der Waals surface area contributed by atoms with Gasteiger partial charge >= 0.3 is 0 Å². The Kier molecular flexibility index (Phi) is 3.75. The van der Waals surface area contributed by atoms with Crippen molar-refractivity contribution in [1.82, 2.24) is 0 Å². The van der Waals surface area contributed by atoms with E-state index in [1.165, 1.54) is 18.6 Å². The summed E-state index contributed by atoms with van der Waals surface area (Å²) in [5, 5.41) is 13.5. The van der Waals surface area contributed by atoms with Gasteiger partial charge in [0.2, 0.25) is 0 Å². The Morgan fingerprint density at radius 1 is 1.61 bits per heavy atom. The van der Waals surface area contributed by atoms with Crippen LogP contribution in [0.1, 0.15) is 19.8 Å². The highest BCUT2D eigenvalue weighted by atomic mass is 32.2. The fraction of sp³-hybridized carbons (Fsp3) is 0.500. The minimum atomic E-state index is -0.596. The van der Waals surface area contributed by atoms with Crippen molar-refractivity contribution in [2.75, 3.05) is 17.6 Å². The maximum Gasteiger partial charge on any atom is 0.272 e. The summed E-state index contributed by atoms with van der Waals surface area (Å²) in [5.74, 6) is 0.566. The first-order chi connectivity index (χ1) is 8.50. The van der Waals surface area contributed by atoms with Crippen LogP contribution in [0.4, 0.5) is 15.8 Å². The van der Waals surface area contributed by atoms with Crippen molar-refractivity contribution >= 4 is 23.1 Å². The summed E-state index contributed by atoms with van der Waals surface area (Å²) in [6, 6.07) is 3.69. The summed E-state index contributed by atoms with van der Waals surface area (Å²) in [7, 11) is 0. The molecule has 4 nitrogen and oxygen atoms in total. The predicted octanol–water partition coefficient (Wildman–Crippen LogP) is 3.43. The fourth-order valence-corrected chi connectivity index (χ4v) is 3.26. The average Bonchev–Trinajstić information content (AvgIpc) is 2.75. The van der Waals surface area contributed by atoms with Gasteiger partial charge in [-0.1, -0.05) is 0 Å². The maximum absolute atomic E-state index is 13.6. The van der Waals surface area contributed by atoms with Crippen LogP contribution in [0.2, 0.25) is 0 Å². The standard InChI is InChI=1S/C12H15FN2O2S/c1-12(5-2-6-18-12)8-14-11-4-3-9(15(16)17)7-10(11)13/h3-4,7,14H,2,5-6,8H2,1H3. The van der Waals surface area contributed by atoms with Gasteiger partial charge in [-0.3, -0.25) is 10.1 Å². The number of hydrogen-bond acceptors (Lipinski definition) is 4. The minimum absolute atomic E-state index is 0.133. The molecule has 1 aliphatic heterocycles. The van der Waals surface area contributed by atoms with Crippen LogP contribution in [0.5, 0.6) is 0 Å². The van der Waals surface area contributed by atoms with E-state index < -0.39 is 10.7 Å². The van der Waals surface area contributed by atoms with Crippen molar-refractivity contribution < 1.29 is 9.31 Å². The molecule has 0 amide bonds. The number of halogens is 1. The molecule has 1 aromatic carbocycles. The summed E-state index contributed by atoms with van der Waals surface area (Å²) in [5.41, 5.74) is 0.105. The van der Waals surface area contributed by atoms with E-state index in [9.17, 15) is 14.5 Å². The van der Waals surface area contributed by atoms with Gasteiger partial charge in [-0.2, -0.15) is 11.8 Å². The zero-order chi connectivity index (χ0) is 13.2. The Labute approximate surface area is 109 Å². The molecule has 98 valence electrons. The van der Waals surface area contributed by atoms with Crippen LogP contribution < -0.4 is 5.32 Å². The molecule has 1 aliphatic rings. The van der Waals surface area contributed by atoms with E-state index in [0.29, 0.717) is 12.2 Å². The Balaban J connectivity index is 2.03. The molecule has 1 saturated heterocycles. The van der Waals surface area contributed by atoms with Crippen LogP contribution in [0, 0.1) is 15.9 Å². The van der Waals surface area contributed by atoms with E-state index >= 15 is 0 Å². The second kappa shape index (κ2) is 5.14. The van der Waals surface area contributed by atoms with Crippen LogP contribution in [0.15, 0.2) is 18.2 Å². The number of nitro groups is 1. The first kappa shape index (κ1) is 13.1. The van der Waals surface area contributed by atoms with Crippen molar-refractivity contribution in [1.29, 1.82) is 0 Å². The largest absolute Gasteiger partial charge is 0.381 e. The lowest BCUT2D eigenvalue weighted by Crippen LogP contribution is -2.27. The van der Waals surface area contributed by atoms with Crippen LogP contribution in [0.3, 0.4) is 0 Å². The zero-order valence-electron chi connectivity index (χ0n) is 10.1. The Bertz CT molecular complexity index is 461. The molecule has 1 aromatic rings. The SMILES string of the molecule is CC1(CNc2ccc([N+](=O)[O-])cc2F)CCCS1. The van der Waals surface area contributed by atoms with E-state index in [1.54, 1.807) is 0 Å². The van der Waals surface area contributed by atoms with E-state index in [4.69, 9.17) is 0 Å². The van der Waals surface area contributed by atoms with Crippen molar-refractivity contribution in [3.05, 3.63) is 34.1 Å². The second-order valence-corrected chi connectivity index (χ2v) is 6.36. The third-order valence-electron chi connectivity index (χ3n) is 3.12. The van der Waals surface area contributed by atoms with Gasteiger partial charge in [0.05, 0.1) is 16.7 Å². The normalized spacial score (nSPS) is 23.0. The number of hydrogen-bond donors (Lipinski definition) is 1. The molecular weight excluding hydrogens is 255 g/mol. The first-order valence-electron chi connectivity index (χ1n) is 5.82. The lowest BCUT2D eigenvalue weighted by Gasteiger charge is -2.23. The molecular formula is C12H15FN2O2S. The summed E-state index contributed by atoms with van der Waals surface area (Å²) in [6.45, 7) is 2.83. The van der Waals surface area contributed by atoms with Crippen LogP contribution in [-0.2, 0) is 0 Å². The number of anilines is 1. The second-order valence-electron chi connectivity index (χ2n) is 4.68. The van der Waals surface area contributed by atoms with Gasteiger partial charge in [-0.05, 0) is 31.6 Å². The van der Waals surface area contributed by atoms with Gasteiger partial charge in [-0.15, -0.1) is 0 Å². The lowest BCUT2D eigenvalue weighted by atomic mass is 10.1. The fourth-order valence-electron chi connectivity index (χ4n) is 2.02. The van der Waals surface area contributed by atoms with Gasteiger partial charge in [-0.25, -0.2) is 4.39 Å². The zero-order valence-corrected chi connectivity index (χ0v) is 10.9. The van der Waals surface area contributed by atoms with Crippen molar-refractivity contribution in [2.24, 2.45) is 0 Å². The molecule has 1 unspecified atom stereocenters. The number of benzene rings is 1. The molecule has 0 spiro atoms. The Morgan fingerprint density at radius 3 is 2.94 bits per heavy atom. The number of nitrogens with zero attached hydrogens (tertiary/aromatic N) is 1. The van der Waals surface area contributed by atoms with Crippen molar-refractivity contribution in [3.8, 4) is 0 Å². The van der Waals surface area contributed by atoms with E-state index in [1.807, 2.05) is 11.8 Å². The number of nitro benzene ring substituents is 1. The number of nitrogens with one attached hydrogen (secondary N) is 1. The van der Waals surface area contributed by atoms with E-state index in [-0.39, 0.29) is 10.4 Å². The summed E-state index contributed by atoms with van der Waals surface area (Å²) in [6.07, 6.45) is 2.30. The van der Waals surface area contributed by atoms with Gasteiger partial charge in [0.1, 0.15) is 0 Å². The first-order valence-corrected chi connectivity index (χ1v) is 6.80. The van der Waals surface area contributed by atoms with Gasteiger partial charge in [0.25, 0.3) is 5.69 Å². The highest BCUT2D eigenvalue weighted by molar-refractivity contribution is 8.00. The summed E-state index contributed by atoms with van der Waals surface area (Å²) in [4.78, 5) is 9.90. The van der Waals surface area contributed by atoms with Gasteiger partial charge < -0.3 is 5.32 Å². The molecule has 0 radical (unpaired) electrons. The molecule has 0 bridgehead atoms. The third kappa shape index (κ3) is 2.93. The van der Waals surface area contributed by atoms with Gasteiger partial charge in [0.15, 0.2) is 5.82 Å². The molecule has 0 saturated carbocycles. The smallest absolute Gasteiger partial charge is 0.272 e. The predicted molar refractivity (Wildman–Crippen MR) is 71.6 cm³/mol. The highest BCUT2D eigenvalue weighted by Gasteiger charge is 2.29. The molecule has 18 heavy (non-hydrogen) atoms. The molecule has 0 aromatic heterocycles. The Hall–Kier alpha value is -1.30. The minimum Gasteiger partial charge on any atom is -0.381 e. The van der Waals surface area contributed by atoms with Crippen LogP contribution in [0.25, 0.3) is 0 Å². The highest BCUT2D eigenvalue weighted by Crippen LogP contribution is 2.37. The number of non-ortho nitro benzene ring substituents is 1. The molecule has 1 heterocycles.